The monoisotopic (exact) mass is 440 g/mol. The molecule has 2 aromatic rings. The molecule has 0 aromatic heterocycles. The molecular formula is C18H21BrN2O4S. The van der Waals surface area contributed by atoms with Crippen LogP contribution in [0.3, 0.4) is 0 Å². The van der Waals surface area contributed by atoms with Crippen molar-refractivity contribution >= 4 is 37.5 Å². The number of carbonyl (C=O) groups is 1. The van der Waals surface area contributed by atoms with Gasteiger partial charge in [-0.1, -0.05) is 6.07 Å². The highest BCUT2D eigenvalue weighted by molar-refractivity contribution is 9.10. The van der Waals surface area contributed by atoms with Crippen molar-refractivity contribution in [2.45, 2.75) is 18.7 Å². The zero-order chi connectivity index (χ0) is 19.3. The van der Waals surface area contributed by atoms with E-state index in [1.54, 1.807) is 35.2 Å². The molecule has 0 unspecified atom stereocenters. The lowest BCUT2D eigenvalue weighted by atomic mass is 10.2. The molecular weight excluding hydrogens is 420 g/mol. The summed E-state index contributed by atoms with van der Waals surface area (Å²) in [6.45, 7) is 4.88. The third kappa shape index (κ3) is 4.56. The Labute approximate surface area is 162 Å². The van der Waals surface area contributed by atoms with Gasteiger partial charge in [-0.15, -0.1) is 0 Å². The Kier molecular flexibility index (Phi) is 6.66. The van der Waals surface area contributed by atoms with Crippen LogP contribution in [0.1, 0.15) is 24.2 Å². The number of nitrogens with zero attached hydrogens (tertiary/aromatic N) is 1. The van der Waals surface area contributed by atoms with Crippen molar-refractivity contribution in [1.29, 1.82) is 0 Å². The van der Waals surface area contributed by atoms with Crippen LogP contribution in [0.2, 0.25) is 0 Å². The minimum absolute atomic E-state index is 0.0300. The van der Waals surface area contributed by atoms with Crippen LogP contribution in [-0.4, -0.2) is 39.4 Å². The Hall–Kier alpha value is -2.06. The minimum Gasteiger partial charge on any atom is -0.496 e. The van der Waals surface area contributed by atoms with Crippen molar-refractivity contribution < 1.29 is 17.9 Å². The zero-order valence-corrected chi connectivity index (χ0v) is 17.2. The van der Waals surface area contributed by atoms with Crippen LogP contribution < -0.4 is 9.46 Å². The van der Waals surface area contributed by atoms with E-state index in [-0.39, 0.29) is 10.8 Å². The Morgan fingerprint density at radius 2 is 1.85 bits per heavy atom. The first-order valence-corrected chi connectivity index (χ1v) is 10.4. The van der Waals surface area contributed by atoms with Gasteiger partial charge in [0.25, 0.3) is 15.9 Å². The highest BCUT2D eigenvalue weighted by Gasteiger charge is 2.19. The fourth-order valence-corrected chi connectivity index (χ4v) is 4.07. The molecule has 1 amide bonds. The van der Waals surface area contributed by atoms with Crippen molar-refractivity contribution in [3.63, 3.8) is 0 Å². The normalized spacial score (nSPS) is 11.1. The number of methoxy groups -OCH3 is 1. The van der Waals surface area contributed by atoms with Crippen LogP contribution >= 0.6 is 15.9 Å². The van der Waals surface area contributed by atoms with Crippen LogP contribution in [0.25, 0.3) is 0 Å². The van der Waals surface area contributed by atoms with Gasteiger partial charge in [-0.2, -0.15) is 0 Å². The summed E-state index contributed by atoms with van der Waals surface area (Å²) in [5.74, 6) is 0.402. The van der Waals surface area contributed by atoms with Crippen molar-refractivity contribution in [2.24, 2.45) is 0 Å². The van der Waals surface area contributed by atoms with E-state index >= 15 is 0 Å². The van der Waals surface area contributed by atoms with Crippen molar-refractivity contribution in [3.05, 3.63) is 52.5 Å². The Morgan fingerprint density at radius 1 is 1.15 bits per heavy atom. The molecule has 0 aliphatic carbocycles. The van der Waals surface area contributed by atoms with Gasteiger partial charge < -0.3 is 9.64 Å². The zero-order valence-electron chi connectivity index (χ0n) is 14.8. The van der Waals surface area contributed by atoms with Crippen LogP contribution in [0.4, 0.5) is 5.69 Å². The van der Waals surface area contributed by atoms with Crippen LogP contribution in [0.15, 0.2) is 51.8 Å². The molecule has 0 heterocycles. The number of anilines is 1. The van der Waals surface area contributed by atoms with E-state index in [2.05, 4.69) is 20.7 Å². The second kappa shape index (κ2) is 8.55. The number of carbonyl (C=O) groups excluding carboxylic acids is 1. The fraction of sp³-hybridized carbons (Fsp3) is 0.278. The van der Waals surface area contributed by atoms with E-state index in [1.165, 1.54) is 19.2 Å². The molecule has 0 aliphatic heterocycles. The number of amides is 1. The topological polar surface area (TPSA) is 75.7 Å². The van der Waals surface area contributed by atoms with Gasteiger partial charge in [0.1, 0.15) is 5.75 Å². The molecule has 26 heavy (non-hydrogen) atoms. The van der Waals surface area contributed by atoms with E-state index in [0.29, 0.717) is 34.6 Å². The second-order valence-corrected chi connectivity index (χ2v) is 8.00. The molecule has 0 aliphatic rings. The number of hydrogen-bond acceptors (Lipinski definition) is 4. The summed E-state index contributed by atoms with van der Waals surface area (Å²) in [5, 5.41) is 0. The number of nitrogens with one attached hydrogen (secondary N) is 1. The number of hydrogen-bond donors (Lipinski definition) is 1. The molecule has 0 spiro atoms. The largest absolute Gasteiger partial charge is 0.496 e. The summed E-state index contributed by atoms with van der Waals surface area (Å²) in [6.07, 6.45) is 0. The number of benzene rings is 2. The van der Waals surface area contributed by atoms with E-state index in [4.69, 9.17) is 4.74 Å². The number of rotatable bonds is 7. The molecule has 6 nitrogen and oxygen atoms in total. The van der Waals surface area contributed by atoms with Crippen molar-refractivity contribution in [3.8, 4) is 5.75 Å². The first-order valence-electron chi connectivity index (χ1n) is 8.08. The van der Waals surface area contributed by atoms with Gasteiger partial charge in [0.15, 0.2) is 0 Å². The standard InChI is InChI=1S/C18H21BrN2O4S/c1-4-21(5-2)18(22)13-7-6-8-15(11-13)26(23,24)20-14-9-10-17(25-3)16(19)12-14/h6-12,20H,4-5H2,1-3H3. The lowest BCUT2D eigenvalue weighted by Gasteiger charge is -2.19. The molecule has 0 bridgehead atoms. The molecule has 140 valence electrons. The third-order valence-electron chi connectivity index (χ3n) is 3.85. The quantitative estimate of drug-likeness (QED) is 0.711. The SMILES string of the molecule is CCN(CC)C(=O)c1cccc(S(=O)(=O)Nc2ccc(OC)c(Br)c2)c1. The second-order valence-electron chi connectivity index (χ2n) is 5.46. The maximum atomic E-state index is 12.7. The average molecular weight is 441 g/mol. The Morgan fingerprint density at radius 3 is 2.42 bits per heavy atom. The van der Waals surface area contributed by atoms with E-state index in [0.717, 1.165) is 0 Å². The molecule has 2 rings (SSSR count). The predicted molar refractivity (Wildman–Crippen MR) is 105 cm³/mol. The van der Waals surface area contributed by atoms with Gasteiger partial charge in [-0.05, 0) is 66.2 Å². The highest BCUT2D eigenvalue weighted by atomic mass is 79.9. The molecule has 0 radical (unpaired) electrons. The van der Waals surface area contributed by atoms with E-state index in [9.17, 15) is 13.2 Å². The summed E-state index contributed by atoms with van der Waals surface area (Å²) < 4.78 is 33.6. The van der Waals surface area contributed by atoms with Gasteiger partial charge in [0, 0.05) is 18.7 Å². The summed E-state index contributed by atoms with van der Waals surface area (Å²) in [6, 6.07) is 10.9. The first-order chi connectivity index (χ1) is 12.3. The van der Waals surface area contributed by atoms with Gasteiger partial charge in [-0.25, -0.2) is 8.42 Å². The van der Waals surface area contributed by atoms with Crippen LogP contribution in [-0.2, 0) is 10.0 Å². The lowest BCUT2D eigenvalue weighted by Crippen LogP contribution is -2.30. The fourth-order valence-electron chi connectivity index (χ4n) is 2.43. The third-order valence-corrected chi connectivity index (χ3v) is 5.84. The van der Waals surface area contributed by atoms with Crippen molar-refractivity contribution in [1.82, 2.24) is 4.90 Å². The minimum atomic E-state index is -3.83. The summed E-state index contributed by atoms with van der Waals surface area (Å²) >= 11 is 3.32. The number of ether oxygens (including phenoxy) is 1. The first kappa shape index (κ1) is 20.3. The molecule has 1 N–H and O–H groups in total. The van der Waals surface area contributed by atoms with Crippen molar-refractivity contribution in [2.75, 3.05) is 24.9 Å². The van der Waals surface area contributed by atoms with Crippen LogP contribution in [0, 0.1) is 0 Å². The average Bonchev–Trinajstić information content (AvgIpc) is 2.62. The highest BCUT2D eigenvalue weighted by Crippen LogP contribution is 2.29. The number of sulfonamides is 1. The maximum Gasteiger partial charge on any atom is 0.261 e. The lowest BCUT2D eigenvalue weighted by molar-refractivity contribution is 0.0772. The van der Waals surface area contributed by atoms with Gasteiger partial charge >= 0.3 is 0 Å². The van der Waals surface area contributed by atoms with Gasteiger partial charge in [-0.3, -0.25) is 9.52 Å². The summed E-state index contributed by atoms with van der Waals surface area (Å²) in [5.41, 5.74) is 0.727. The molecule has 0 saturated heterocycles. The maximum absolute atomic E-state index is 12.7. The molecule has 0 saturated carbocycles. The molecule has 0 fully saturated rings. The van der Waals surface area contributed by atoms with Gasteiger partial charge in [0.05, 0.1) is 22.2 Å². The van der Waals surface area contributed by atoms with Crippen LogP contribution in [0.5, 0.6) is 5.75 Å². The molecule has 0 atom stereocenters. The summed E-state index contributed by atoms with van der Waals surface area (Å²) in [4.78, 5) is 14.1. The Balaban J connectivity index is 2.30. The van der Waals surface area contributed by atoms with E-state index < -0.39 is 10.0 Å². The smallest absolute Gasteiger partial charge is 0.261 e. The van der Waals surface area contributed by atoms with E-state index in [1.807, 2.05) is 13.8 Å². The molecule has 2 aromatic carbocycles. The summed E-state index contributed by atoms with van der Waals surface area (Å²) in [7, 11) is -2.30. The molecule has 8 heteroatoms. The Bertz CT molecular complexity index is 896. The number of halogens is 1. The predicted octanol–water partition coefficient (Wildman–Crippen LogP) is 3.74. The van der Waals surface area contributed by atoms with Gasteiger partial charge in [0.2, 0.25) is 0 Å².